The van der Waals surface area contributed by atoms with E-state index in [1.54, 1.807) is 42.6 Å². The van der Waals surface area contributed by atoms with E-state index in [1.165, 1.54) is 16.1 Å². The van der Waals surface area contributed by atoms with Crippen molar-refractivity contribution in [2.24, 2.45) is 0 Å². The molecule has 29 heavy (non-hydrogen) atoms. The Hall–Kier alpha value is -2.84. The van der Waals surface area contributed by atoms with Gasteiger partial charge in [0.1, 0.15) is 5.03 Å². The number of rotatable bonds is 5. The van der Waals surface area contributed by atoms with Gasteiger partial charge in [0.25, 0.3) is 5.91 Å². The Bertz CT molecular complexity index is 1120. The molecule has 0 atom stereocenters. The van der Waals surface area contributed by atoms with E-state index >= 15 is 0 Å². The summed E-state index contributed by atoms with van der Waals surface area (Å²) in [5, 5.41) is 3.48. The summed E-state index contributed by atoms with van der Waals surface area (Å²) in [6, 6.07) is 20.0. The largest absolute Gasteiger partial charge is 0.322 e. The van der Waals surface area contributed by atoms with Gasteiger partial charge in [-0.3, -0.25) is 9.10 Å². The summed E-state index contributed by atoms with van der Waals surface area (Å²) in [5.74, 6) is -0.0907. The maximum atomic E-state index is 12.8. The van der Waals surface area contributed by atoms with E-state index in [-0.39, 0.29) is 11.7 Å². The molecule has 1 aliphatic rings. The topological polar surface area (TPSA) is 79.4 Å². The molecule has 1 aromatic heterocycles. The molecular formula is C21H19N3O3S2. The van der Waals surface area contributed by atoms with Crippen LogP contribution in [0.2, 0.25) is 0 Å². The number of carbonyl (C=O) groups excluding carboxylic acids is 1. The third-order valence-corrected chi connectivity index (χ3v) is 7.38. The van der Waals surface area contributed by atoms with Crippen molar-refractivity contribution in [3.63, 3.8) is 0 Å². The summed E-state index contributed by atoms with van der Waals surface area (Å²) in [7, 11) is -3.22. The summed E-state index contributed by atoms with van der Waals surface area (Å²) >= 11 is 1.43. The number of amides is 1. The average Bonchev–Trinajstić information content (AvgIpc) is 3.09. The second-order valence-electron chi connectivity index (χ2n) is 6.51. The highest BCUT2D eigenvalue weighted by atomic mass is 32.2. The maximum Gasteiger partial charge on any atom is 0.258 e. The lowest BCUT2D eigenvalue weighted by Crippen LogP contribution is -2.25. The van der Waals surface area contributed by atoms with E-state index in [2.05, 4.69) is 10.3 Å². The van der Waals surface area contributed by atoms with Crippen LogP contribution in [0.1, 0.15) is 16.8 Å². The van der Waals surface area contributed by atoms with Crippen LogP contribution < -0.4 is 9.62 Å². The number of anilines is 2. The Balaban J connectivity index is 1.50. The summed E-state index contributed by atoms with van der Waals surface area (Å²) in [5.41, 5.74) is 1.68. The summed E-state index contributed by atoms with van der Waals surface area (Å²) in [6.45, 7) is 0.490. The van der Waals surface area contributed by atoms with Crippen molar-refractivity contribution in [2.75, 3.05) is 21.9 Å². The van der Waals surface area contributed by atoms with Crippen LogP contribution in [-0.4, -0.2) is 31.6 Å². The SMILES string of the molecule is O=C(Nc1ccc(N2CCCS2(=O)=O)cc1)c1cccnc1Sc1ccccc1. The van der Waals surface area contributed by atoms with Crippen LogP contribution in [0.15, 0.2) is 82.8 Å². The van der Waals surface area contributed by atoms with Crippen molar-refractivity contribution in [1.29, 1.82) is 0 Å². The molecule has 2 aromatic carbocycles. The van der Waals surface area contributed by atoms with E-state index in [1.807, 2.05) is 30.3 Å². The minimum Gasteiger partial charge on any atom is -0.322 e. The Morgan fingerprint density at radius 1 is 1.00 bits per heavy atom. The van der Waals surface area contributed by atoms with Gasteiger partial charge >= 0.3 is 0 Å². The number of benzene rings is 2. The molecule has 0 saturated carbocycles. The molecular weight excluding hydrogens is 406 g/mol. The molecule has 2 heterocycles. The molecule has 0 spiro atoms. The number of hydrogen-bond acceptors (Lipinski definition) is 5. The Morgan fingerprint density at radius 2 is 1.76 bits per heavy atom. The molecule has 0 radical (unpaired) electrons. The van der Waals surface area contributed by atoms with Gasteiger partial charge in [-0.25, -0.2) is 13.4 Å². The van der Waals surface area contributed by atoms with Crippen LogP contribution in [0.25, 0.3) is 0 Å². The number of hydrogen-bond donors (Lipinski definition) is 1. The normalized spacial score (nSPS) is 15.2. The first-order valence-corrected chi connectivity index (χ1v) is 11.6. The predicted octanol–water partition coefficient (Wildman–Crippen LogP) is 4.03. The first kappa shape index (κ1) is 19.5. The molecule has 1 amide bonds. The van der Waals surface area contributed by atoms with Gasteiger partial charge in [-0.1, -0.05) is 30.0 Å². The predicted molar refractivity (Wildman–Crippen MR) is 115 cm³/mol. The van der Waals surface area contributed by atoms with E-state index in [0.29, 0.717) is 34.9 Å². The first-order valence-electron chi connectivity index (χ1n) is 9.13. The molecule has 1 aliphatic heterocycles. The maximum absolute atomic E-state index is 12.8. The van der Waals surface area contributed by atoms with Crippen LogP contribution in [0.4, 0.5) is 11.4 Å². The molecule has 6 nitrogen and oxygen atoms in total. The summed E-state index contributed by atoms with van der Waals surface area (Å²) < 4.78 is 25.5. The van der Waals surface area contributed by atoms with Gasteiger partial charge in [0, 0.05) is 23.3 Å². The third kappa shape index (κ3) is 4.44. The van der Waals surface area contributed by atoms with E-state index in [0.717, 1.165) is 4.90 Å². The number of nitrogens with one attached hydrogen (secondary N) is 1. The lowest BCUT2D eigenvalue weighted by Gasteiger charge is -2.17. The van der Waals surface area contributed by atoms with E-state index in [9.17, 15) is 13.2 Å². The molecule has 1 fully saturated rings. The molecule has 1 saturated heterocycles. The van der Waals surface area contributed by atoms with Crippen molar-refractivity contribution < 1.29 is 13.2 Å². The fourth-order valence-corrected chi connectivity index (χ4v) is 5.55. The van der Waals surface area contributed by atoms with Crippen molar-refractivity contribution in [2.45, 2.75) is 16.3 Å². The number of nitrogens with zero attached hydrogens (tertiary/aromatic N) is 2. The van der Waals surface area contributed by atoms with Gasteiger partial charge in [-0.2, -0.15) is 0 Å². The van der Waals surface area contributed by atoms with Crippen LogP contribution in [0.5, 0.6) is 0 Å². The fraction of sp³-hybridized carbons (Fsp3) is 0.143. The molecule has 0 unspecified atom stereocenters. The lowest BCUT2D eigenvalue weighted by atomic mass is 10.2. The first-order chi connectivity index (χ1) is 14.0. The number of aromatic nitrogens is 1. The second-order valence-corrected chi connectivity index (χ2v) is 9.59. The van der Waals surface area contributed by atoms with Crippen molar-refractivity contribution in [3.8, 4) is 0 Å². The van der Waals surface area contributed by atoms with Crippen molar-refractivity contribution >= 4 is 39.1 Å². The Labute approximate surface area is 174 Å². The van der Waals surface area contributed by atoms with Crippen LogP contribution >= 0.6 is 11.8 Å². The molecule has 1 N–H and O–H groups in total. The van der Waals surface area contributed by atoms with Crippen molar-refractivity contribution in [1.82, 2.24) is 4.98 Å². The zero-order chi connectivity index (χ0) is 20.3. The monoisotopic (exact) mass is 425 g/mol. The second kappa shape index (κ2) is 8.26. The fourth-order valence-electron chi connectivity index (χ4n) is 3.08. The quantitative estimate of drug-likeness (QED) is 0.668. The average molecular weight is 426 g/mol. The highest BCUT2D eigenvalue weighted by molar-refractivity contribution is 7.99. The molecule has 148 valence electrons. The molecule has 4 rings (SSSR count). The van der Waals surface area contributed by atoms with Gasteiger partial charge in [-0.15, -0.1) is 0 Å². The molecule has 8 heteroatoms. The smallest absolute Gasteiger partial charge is 0.258 e. The number of pyridine rings is 1. The molecule has 0 bridgehead atoms. The zero-order valence-corrected chi connectivity index (χ0v) is 17.1. The number of carbonyl (C=O) groups is 1. The van der Waals surface area contributed by atoms with Gasteiger partial charge in [-0.05, 0) is 55.0 Å². The van der Waals surface area contributed by atoms with Crippen LogP contribution in [0.3, 0.4) is 0 Å². The van der Waals surface area contributed by atoms with Crippen LogP contribution in [-0.2, 0) is 10.0 Å². The minimum absolute atomic E-state index is 0.175. The summed E-state index contributed by atoms with van der Waals surface area (Å²) in [4.78, 5) is 18.1. The van der Waals surface area contributed by atoms with Crippen molar-refractivity contribution in [3.05, 3.63) is 78.5 Å². The van der Waals surface area contributed by atoms with E-state index < -0.39 is 10.0 Å². The summed E-state index contributed by atoms with van der Waals surface area (Å²) in [6.07, 6.45) is 2.29. The van der Waals surface area contributed by atoms with Crippen LogP contribution in [0, 0.1) is 0 Å². The highest BCUT2D eigenvalue weighted by Crippen LogP contribution is 2.29. The van der Waals surface area contributed by atoms with Gasteiger partial charge < -0.3 is 5.32 Å². The van der Waals surface area contributed by atoms with Gasteiger partial charge in [0.2, 0.25) is 10.0 Å². The Morgan fingerprint density at radius 3 is 2.45 bits per heavy atom. The number of sulfonamides is 1. The Kier molecular flexibility index (Phi) is 5.55. The molecule has 0 aliphatic carbocycles. The standard InChI is InChI=1S/C21H19N3O3S2/c25-20(19-8-4-13-22-21(19)28-18-6-2-1-3-7-18)23-16-9-11-17(12-10-16)24-14-5-15-29(24,26)27/h1-4,6-13H,5,14-15H2,(H,23,25). The third-order valence-electron chi connectivity index (χ3n) is 4.49. The minimum atomic E-state index is -3.22. The lowest BCUT2D eigenvalue weighted by molar-refractivity contribution is 0.102. The highest BCUT2D eigenvalue weighted by Gasteiger charge is 2.28. The van der Waals surface area contributed by atoms with Gasteiger partial charge in [0.05, 0.1) is 17.0 Å². The molecule has 3 aromatic rings. The zero-order valence-electron chi connectivity index (χ0n) is 15.5. The van der Waals surface area contributed by atoms with Gasteiger partial charge in [0.15, 0.2) is 0 Å². The van der Waals surface area contributed by atoms with E-state index in [4.69, 9.17) is 0 Å².